The first-order chi connectivity index (χ1) is 8.58. The highest BCUT2D eigenvalue weighted by molar-refractivity contribution is 5.93. The summed E-state index contributed by atoms with van der Waals surface area (Å²) in [5.41, 5.74) is 8.92. The van der Waals surface area contributed by atoms with E-state index in [4.69, 9.17) is 5.73 Å². The lowest BCUT2D eigenvalue weighted by Crippen LogP contribution is -2.11. The van der Waals surface area contributed by atoms with Crippen molar-refractivity contribution in [3.05, 3.63) is 53.9 Å². The zero-order chi connectivity index (χ0) is 13.1. The van der Waals surface area contributed by atoms with Crippen molar-refractivity contribution in [1.29, 1.82) is 0 Å². The third kappa shape index (κ3) is 2.56. The van der Waals surface area contributed by atoms with E-state index in [0.29, 0.717) is 11.5 Å². The van der Waals surface area contributed by atoms with Gasteiger partial charge in [-0.25, -0.2) is 0 Å². The molecule has 0 aliphatic heterocycles. The summed E-state index contributed by atoms with van der Waals surface area (Å²) in [5, 5.41) is 0. The summed E-state index contributed by atoms with van der Waals surface area (Å²) in [4.78, 5) is 15.2. The monoisotopic (exact) mass is 240 g/mol. The molecule has 0 saturated carbocycles. The quantitative estimate of drug-likeness (QED) is 0.896. The summed E-state index contributed by atoms with van der Waals surface area (Å²) >= 11 is 0. The van der Waals surface area contributed by atoms with Gasteiger partial charge in [0.1, 0.15) is 0 Å². The molecule has 1 aromatic carbocycles. The van der Waals surface area contributed by atoms with Gasteiger partial charge >= 0.3 is 0 Å². The highest BCUT2D eigenvalue weighted by Crippen LogP contribution is 2.23. The molecule has 92 valence electrons. The van der Waals surface area contributed by atoms with Crippen LogP contribution in [0.25, 0.3) is 11.1 Å². The van der Waals surface area contributed by atoms with Crippen LogP contribution >= 0.6 is 0 Å². The predicted octanol–water partition coefficient (Wildman–Crippen LogP) is 2.97. The molecule has 0 aliphatic carbocycles. The fourth-order valence-corrected chi connectivity index (χ4v) is 1.81. The average molecular weight is 240 g/mol. The standard InChI is InChI=1S/C15H16N2O/c1-10(2)11-4-3-5-12(6-11)13-7-14(15(16)18)9-17-8-13/h3-10H,1-2H3,(H2,16,18). The Kier molecular flexibility index (Phi) is 3.42. The first kappa shape index (κ1) is 12.3. The van der Waals surface area contributed by atoms with Crippen LogP contribution in [0.3, 0.4) is 0 Å². The molecule has 0 fully saturated rings. The van der Waals surface area contributed by atoms with E-state index in [0.717, 1.165) is 11.1 Å². The van der Waals surface area contributed by atoms with Gasteiger partial charge in [0.25, 0.3) is 0 Å². The maximum absolute atomic E-state index is 11.1. The van der Waals surface area contributed by atoms with Gasteiger partial charge < -0.3 is 5.73 Å². The van der Waals surface area contributed by atoms with Gasteiger partial charge in [0.2, 0.25) is 5.91 Å². The number of aromatic nitrogens is 1. The average Bonchev–Trinajstić information content (AvgIpc) is 2.39. The molecule has 0 aliphatic rings. The fourth-order valence-electron chi connectivity index (χ4n) is 1.81. The first-order valence-electron chi connectivity index (χ1n) is 5.93. The Morgan fingerprint density at radius 2 is 1.94 bits per heavy atom. The molecule has 1 amide bonds. The summed E-state index contributed by atoms with van der Waals surface area (Å²) in [7, 11) is 0. The maximum atomic E-state index is 11.1. The van der Waals surface area contributed by atoms with Crippen molar-refractivity contribution in [2.45, 2.75) is 19.8 Å². The first-order valence-corrected chi connectivity index (χ1v) is 5.93. The van der Waals surface area contributed by atoms with Crippen molar-refractivity contribution in [2.75, 3.05) is 0 Å². The normalized spacial score (nSPS) is 10.6. The largest absolute Gasteiger partial charge is 0.366 e. The fraction of sp³-hybridized carbons (Fsp3) is 0.200. The van der Waals surface area contributed by atoms with Crippen LogP contribution in [0.15, 0.2) is 42.7 Å². The molecule has 0 radical (unpaired) electrons. The number of nitrogens with zero attached hydrogens (tertiary/aromatic N) is 1. The van der Waals surface area contributed by atoms with E-state index in [9.17, 15) is 4.79 Å². The molecule has 0 unspecified atom stereocenters. The van der Waals surface area contributed by atoms with E-state index in [1.54, 1.807) is 12.3 Å². The Morgan fingerprint density at radius 1 is 1.17 bits per heavy atom. The van der Waals surface area contributed by atoms with Crippen molar-refractivity contribution >= 4 is 5.91 Å². The zero-order valence-electron chi connectivity index (χ0n) is 10.6. The van der Waals surface area contributed by atoms with Crippen LogP contribution in [-0.4, -0.2) is 10.9 Å². The Balaban J connectivity index is 2.45. The second-order valence-corrected chi connectivity index (χ2v) is 4.61. The van der Waals surface area contributed by atoms with Crippen LogP contribution in [0.4, 0.5) is 0 Å². The van der Waals surface area contributed by atoms with E-state index in [1.165, 1.54) is 11.8 Å². The molecule has 1 aromatic heterocycles. The second-order valence-electron chi connectivity index (χ2n) is 4.61. The summed E-state index contributed by atoms with van der Waals surface area (Å²) in [6, 6.07) is 10.0. The minimum atomic E-state index is -0.454. The molecule has 0 saturated heterocycles. The van der Waals surface area contributed by atoms with E-state index in [1.807, 2.05) is 12.1 Å². The molecular formula is C15H16N2O. The Hall–Kier alpha value is -2.16. The lowest BCUT2D eigenvalue weighted by atomic mass is 9.98. The van der Waals surface area contributed by atoms with Gasteiger partial charge in [-0.05, 0) is 23.1 Å². The van der Waals surface area contributed by atoms with Crippen LogP contribution < -0.4 is 5.73 Å². The molecule has 0 bridgehead atoms. The summed E-state index contributed by atoms with van der Waals surface area (Å²) in [5.74, 6) is 0.0154. The molecule has 2 aromatic rings. The van der Waals surface area contributed by atoms with Crippen LogP contribution in [-0.2, 0) is 0 Å². The molecule has 0 atom stereocenters. The van der Waals surface area contributed by atoms with Gasteiger partial charge in [-0.2, -0.15) is 0 Å². The van der Waals surface area contributed by atoms with Crippen LogP contribution in [0.2, 0.25) is 0 Å². The SMILES string of the molecule is CC(C)c1cccc(-c2cncc(C(N)=O)c2)c1. The van der Waals surface area contributed by atoms with E-state index >= 15 is 0 Å². The van der Waals surface area contributed by atoms with Crippen LogP contribution in [0, 0.1) is 0 Å². The third-order valence-corrected chi connectivity index (χ3v) is 2.91. The molecule has 0 spiro atoms. The van der Waals surface area contributed by atoms with Crippen molar-refractivity contribution in [3.8, 4) is 11.1 Å². The van der Waals surface area contributed by atoms with Crippen molar-refractivity contribution in [3.63, 3.8) is 0 Å². The smallest absolute Gasteiger partial charge is 0.250 e. The number of nitrogens with two attached hydrogens (primary N) is 1. The van der Waals surface area contributed by atoms with E-state index in [-0.39, 0.29) is 0 Å². The molecule has 2 rings (SSSR count). The predicted molar refractivity (Wildman–Crippen MR) is 72.3 cm³/mol. The third-order valence-electron chi connectivity index (χ3n) is 2.91. The van der Waals surface area contributed by atoms with Gasteiger partial charge in [0.05, 0.1) is 5.56 Å². The molecule has 1 heterocycles. The number of carbonyl (C=O) groups is 1. The molecule has 3 heteroatoms. The van der Waals surface area contributed by atoms with Gasteiger partial charge in [-0.15, -0.1) is 0 Å². The topological polar surface area (TPSA) is 56.0 Å². The molecular weight excluding hydrogens is 224 g/mol. The van der Waals surface area contributed by atoms with Crippen molar-refractivity contribution < 1.29 is 4.79 Å². The van der Waals surface area contributed by atoms with Crippen molar-refractivity contribution in [2.24, 2.45) is 5.73 Å². The zero-order valence-corrected chi connectivity index (χ0v) is 10.6. The van der Waals surface area contributed by atoms with Crippen LogP contribution in [0.1, 0.15) is 35.7 Å². The van der Waals surface area contributed by atoms with Gasteiger partial charge in [-0.1, -0.05) is 38.1 Å². The lowest BCUT2D eigenvalue weighted by molar-refractivity contribution is 0.1000. The summed E-state index contributed by atoms with van der Waals surface area (Å²) in [6.07, 6.45) is 3.23. The summed E-state index contributed by atoms with van der Waals surface area (Å²) < 4.78 is 0. The number of amides is 1. The minimum absolute atomic E-state index is 0.433. The van der Waals surface area contributed by atoms with Crippen molar-refractivity contribution in [1.82, 2.24) is 4.98 Å². The number of primary amides is 1. The summed E-state index contributed by atoms with van der Waals surface area (Å²) in [6.45, 7) is 4.30. The number of carbonyl (C=O) groups excluding carboxylic acids is 1. The molecule has 18 heavy (non-hydrogen) atoms. The van der Waals surface area contributed by atoms with E-state index in [2.05, 4.69) is 31.0 Å². The Morgan fingerprint density at radius 3 is 2.61 bits per heavy atom. The maximum Gasteiger partial charge on any atom is 0.250 e. The number of hydrogen-bond donors (Lipinski definition) is 1. The van der Waals surface area contributed by atoms with Crippen LogP contribution in [0.5, 0.6) is 0 Å². The minimum Gasteiger partial charge on any atom is -0.366 e. The van der Waals surface area contributed by atoms with Gasteiger partial charge in [0.15, 0.2) is 0 Å². The number of rotatable bonds is 3. The lowest BCUT2D eigenvalue weighted by Gasteiger charge is -2.08. The highest BCUT2D eigenvalue weighted by atomic mass is 16.1. The van der Waals surface area contributed by atoms with Gasteiger partial charge in [0, 0.05) is 18.0 Å². The molecule has 2 N–H and O–H groups in total. The molecule has 3 nitrogen and oxygen atoms in total. The number of hydrogen-bond acceptors (Lipinski definition) is 2. The second kappa shape index (κ2) is 5.00. The van der Waals surface area contributed by atoms with Gasteiger partial charge in [-0.3, -0.25) is 9.78 Å². The Labute approximate surface area is 107 Å². The highest BCUT2D eigenvalue weighted by Gasteiger charge is 2.06. The number of benzene rings is 1. The van der Waals surface area contributed by atoms with E-state index < -0.39 is 5.91 Å². The number of pyridine rings is 1. The Bertz CT molecular complexity index is 576.